The first-order valence-electron chi connectivity index (χ1n) is 7.40. The van der Waals surface area contributed by atoms with E-state index in [4.69, 9.17) is 5.73 Å². The van der Waals surface area contributed by atoms with Gasteiger partial charge >= 0.3 is 0 Å². The van der Waals surface area contributed by atoms with Crippen LogP contribution in [0.2, 0.25) is 0 Å². The number of nitrogens with two attached hydrogens (primary N) is 1. The number of unbranched alkanes of at least 4 members (excludes halogenated alkanes) is 1. The molecule has 5 nitrogen and oxygen atoms in total. The van der Waals surface area contributed by atoms with E-state index in [2.05, 4.69) is 34.3 Å². The number of aromatic nitrogens is 2. The number of rotatable bonds is 6. The number of nitrogen functional groups attached to an aromatic ring is 1. The molecule has 3 N–H and O–H groups in total. The molecule has 2 aromatic heterocycles. The highest BCUT2D eigenvalue weighted by Gasteiger charge is 2.08. The number of fused-ring (bicyclic) bond motifs is 1. The summed E-state index contributed by atoms with van der Waals surface area (Å²) < 4.78 is 0. The summed E-state index contributed by atoms with van der Waals surface area (Å²) >= 11 is 0. The molecule has 0 saturated carbocycles. The highest BCUT2D eigenvalue weighted by Crippen LogP contribution is 2.25. The number of hydrogen-bond donors (Lipinski definition) is 2. The topological polar surface area (TPSA) is 67.1 Å². The fraction of sp³-hybridized carbons (Fsp3) is 0.500. The zero-order valence-corrected chi connectivity index (χ0v) is 13.4. The Kier molecular flexibility index (Phi) is 4.96. The Morgan fingerprint density at radius 1 is 1.14 bits per heavy atom. The highest BCUT2D eigenvalue weighted by atomic mass is 15.0. The van der Waals surface area contributed by atoms with Gasteiger partial charge in [-0.1, -0.05) is 0 Å². The Balaban J connectivity index is 2.08. The summed E-state index contributed by atoms with van der Waals surface area (Å²) in [7, 11) is 4.19. The van der Waals surface area contributed by atoms with Crippen molar-refractivity contribution in [3.8, 4) is 0 Å². The zero-order valence-electron chi connectivity index (χ0n) is 13.4. The van der Waals surface area contributed by atoms with Crippen molar-refractivity contribution in [3.63, 3.8) is 0 Å². The van der Waals surface area contributed by atoms with Crippen LogP contribution in [0.5, 0.6) is 0 Å². The molecule has 5 heteroatoms. The molecule has 2 rings (SSSR count). The second-order valence-electron chi connectivity index (χ2n) is 5.81. The molecule has 0 aliphatic rings. The minimum Gasteiger partial charge on any atom is -0.398 e. The average Bonchev–Trinajstić information content (AvgIpc) is 2.36. The van der Waals surface area contributed by atoms with Gasteiger partial charge in [-0.25, -0.2) is 9.97 Å². The molecule has 0 unspecified atom stereocenters. The maximum atomic E-state index is 6.15. The summed E-state index contributed by atoms with van der Waals surface area (Å²) in [6, 6.07) is 3.94. The van der Waals surface area contributed by atoms with Crippen LogP contribution in [0, 0.1) is 13.8 Å². The molecule has 114 valence electrons. The predicted octanol–water partition coefficient (Wildman–Crippen LogP) is 2.58. The fourth-order valence-corrected chi connectivity index (χ4v) is 2.48. The van der Waals surface area contributed by atoms with Gasteiger partial charge in [0, 0.05) is 29.4 Å². The van der Waals surface area contributed by atoms with Gasteiger partial charge in [-0.15, -0.1) is 0 Å². The van der Waals surface area contributed by atoms with Gasteiger partial charge < -0.3 is 16.0 Å². The van der Waals surface area contributed by atoms with Gasteiger partial charge in [0.1, 0.15) is 5.82 Å². The number of nitrogens with zero attached hydrogens (tertiary/aromatic N) is 3. The summed E-state index contributed by atoms with van der Waals surface area (Å²) in [4.78, 5) is 11.3. The number of aryl methyl sites for hydroxylation is 2. The highest BCUT2D eigenvalue weighted by molar-refractivity contribution is 5.92. The van der Waals surface area contributed by atoms with E-state index in [-0.39, 0.29) is 0 Å². The van der Waals surface area contributed by atoms with E-state index in [0.29, 0.717) is 0 Å². The molecule has 0 bridgehead atoms. The first-order chi connectivity index (χ1) is 9.97. The Bertz CT molecular complexity index is 622. The van der Waals surface area contributed by atoms with E-state index in [0.717, 1.165) is 53.3 Å². The number of pyridine rings is 2. The van der Waals surface area contributed by atoms with Crippen molar-refractivity contribution in [1.29, 1.82) is 0 Å². The monoisotopic (exact) mass is 287 g/mol. The summed E-state index contributed by atoms with van der Waals surface area (Å²) in [5.41, 5.74) is 9.71. The van der Waals surface area contributed by atoms with Crippen molar-refractivity contribution in [2.75, 3.05) is 38.2 Å². The molecule has 0 amide bonds. The Hall–Kier alpha value is -1.88. The molecule has 0 aliphatic carbocycles. The molecule has 0 aliphatic heterocycles. The Morgan fingerprint density at radius 3 is 2.62 bits per heavy atom. The minimum atomic E-state index is 0.725. The molecule has 0 spiro atoms. The van der Waals surface area contributed by atoms with Crippen molar-refractivity contribution in [1.82, 2.24) is 14.9 Å². The summed E-state index contributed by atoms with van der Waals surface area (Å²) in [6.45, 7) is 6.03. The van der Waals surface area contributed by atoms with Crippen molar-refractivity contribution in [3.05, 3.63) is 23.4 Å². The Morgan fingerprint density at radius 2 is 1.90 bits per heavy atom. The molecule has 0 radical (unpaired) electrons. The van der Waals surface area contributed by atoms with Gasteiger partial charge in [0.25, 0.3) is 0 Å². The lowest BCUT2D eigenvalue weighted by Gasteiger charge is -2.11. The third-order valence-corrected chi connectivity index (χ3v) is 3.47. The third-order valence-electron chi connectivity index (χ3n) is 3.47. The van der Waals surface area contributed by atoms with Gasteiger partial charge in [-0.3, -0.25) is 0 Å². The SMILES string of the molecule is Cc1cc(C)c2c(N)cc(NCCCCN(C)C)nc2n1. The summed E-state index contributed by atoms with van der Waals surface area (Å²) in [5.74, 6) is 0.808. The maximum Gasteiger partial charge on any atom is 0.164 e. The lowest BCUT2D eigenvalue weighted by molar-refractivity contribution is 0.396. The standard InChI is InChI=1S/C16H25N5/c1-11-9-12(2)19-16-15(11)13(17)10-14(20-16)18-7-5-6-8-21(3)4/h9-10H,5-8H2,1-4H3,(H3,17,18,19,20). The van der Waals surface area contributed by atoms with Crippen molar-refractivity contribution < 1.29 is 0 Å². The van der Waals surface area contributed by atoms with Crippen LogP contribution < -0.4 is 11.1 Å². The quantitative estimate of drug-likeness (QED) is 0.799. The first kappa shape index (κ1) is 15.5. The van der Waals surface area contributed by atoms with Crippen LogP contribution in [0.15, 0.2) is 12.1 Å². The van der Waals surface area contributed by atoms with Gasteiger partial charge in [-0.05, 0) is 59.0 Å². The summed E-state index contributed by atoms with van der Waals surface area (Å²) in [6.07, 6.45) is 2.28. The van der Waals surface area contributed by atoms with E-state index in [1.807, 2.05) is 26.0 Å². The molecular formula is C16H25N5. The number of hydrogen-bond acceptors (Lipinski definition) is 5. The second-order valence-corrected chi connectivity index (χ2v) is 5.81. The van der Waals surface area contributed by atoms with E-state index >= 15 is 0 Å². The minimum absolute atomic E-state index is 0.725. The predicted molar refractivity (Wildman–Crippen MR) is 89.7 cm³/mol. The lowest BCUT2D eigenvalue weighted by Crippen LogP contribution is -2.14. The van der Waals surface area contributed by atoms with Crippen molar-refractivity contribution in [2.45, 2.75) is 26.7 Å². The average molecular weight is 287 g/mol. The van der Waals surface area contributed by atoms with Crippen LogP contribution in [0.25, 0.3) is 11.0 Å². The fourth-order valence-electron chi connectivity index (χ4n) is 2.48. The summed E-state index contributed by atoms with van der Waals surface area (Å²) in [5, 5.41) is 4.30. The maximum absolute atomic E-state index is 6.15. The zero-order chi connectivity index (χ0) is 15.4. The van der Waals surface area contributed by atoms with Crippen LogP contribution in [0.3, 0.4) is 0 Å². The Labute approximate surface area is 126 Å². The van der Waals surface area contributed by atoms with Crippen LogP contribution in [-0.4, -0.2) is 42.1 Å². The van der Waals surface area contributed by atoms with Crippen LogP contribution in [0.4, 0.5) is 11.5 Å². The molecule has 2 heterocycles. The van der Waals surface area contributed by atoms with Crippen molar-refractivity contribution >= 4 is 22.5 Å². The van der Waals surface area contributed by atoms with E-state index in [1.54, 1.807) is 0 Å². The van der Waals surface area contributed by atoms with Gasteiger partial charge in [-0.2, -0.15) is 0 Å². The van der Waals surface area contributed by atoms with Gasteiger partial charge in [0.05, 0.1) is 0 Å². The van der Waals surface area contributed by atoms with Crippen molar-refractivity contribution in [2.24, 2.45) is 0 Å². The van der Waals surface area contributed by atoms with E-state index in [1.165, 1.54) is 6.42 Å². The normalized spacial score (nSPS) is 11.3. The van der Waals surface area contributed by atoms with Crippen LogP contribution in [-0.2, 0) is 0 Å². The number of anilines is 2. The molecule has 0 aromatic carbocycles. The molecule has 2 aromatic rings. The molecule has 0 atom stereocenters. The second kappa shape index (κ2) is 6.72. The number of nitrogens with one attached hydrogen (secondary N) is 1. The van der Waals surface area contributed by atoms with Crippen LogP contribution >= 0.6 is 0 Å². The van der Waals surface area contributed by atoms with E-state index in [9.17, 15) is 0 Å². The lowest BCUT2D eigenvalue weighted by atomic mass is 10.1. The van der Waals surface area contributed by atoms with E-state index < -0.39 is 0 Å². The molecule has 0 fully saturated rings. The third kappa shape index (κ3) is 4.04. The first-order valence-corrected chi connectivity index (χ1v) is 7.40. The van der Waals surface area contributed by atoms with Gasteiger partial charge in [0.15, 0.2) is 5.65 Å². The molecule has 0 saturated heterocycles. The van der Waals surface area contributed by atoms with Crippen LogP contribution in [0.1, 0.15) is 24.1 Å². The molecule has 21 heavy (non-hydrogen) atoms. The largest absolute Gasteiger partial charge is 0.398 e. The smallest absolute Gasteiger partial charge is 0.164 e. The van der Waals surface area contributed by atoms with Gasteiger partial charge in [0.2, 0.25) is 0 Å². The molecular weight excluding hydrogens is 262 g/mol.